The number of methoxy groups -OCH3 is 1. The predicted octanol–water partition coefficient (Wildman–Crippen LogP) is 4.89. The highest BCUT2D eigenvalue weighted by atomic mass is 16.5. The molecule has 42 heavy (non-hydrogen) atoms. The maximum Gasteiger partial charge on any atom is 0.268 e. The Morgan fingerprint density at radius 1 is 0.952 bits per heavy atom. The van der Waals surface area contributed by atoms with Gasteiger partial charge in [-0.25, -0.2) is 0 Å². The van der Waals surface area contributed by atoms with E-state index in [1.54, 1.807) is 7.11 Å². The van der Waals surface area contributed by atoms with Gasteiger partial charge in [0.2, 0.25) is 0 Å². The zero-order valence-electron chi connectivity index (χ0n) is 24.3. The van der Waals surface area contributed by atoms with E-state index in [4.69, 9.17) is 4.74 Å². The summed E-state index contributed by atoms with van der Waals surface area (Å²) in [5.41, 5.74) is 4.54. The van der Waals surface area contributed by atoms with Crippen molar-refractivity contribution in [2.45, 2.75) is 50.4 Å². The molecule has 1 N–H and O–H groups in total. The smallest absolute Gasteiger partial charge is 0.268 e. The molecule has 216 valence electrons. The van der Waals surface area contributed by atoms with Crippen molar-refractivity contribution in [1.29, 1.82) is 0 Å². The molecule has 1 aliphatic carbocycles. The van der Waals surface area contributed by atoms with Gasteiger partial charge in [-0.1, -0.05) is 60.7 Å². The van der Waals surface area contributed by atoms with E-state index in [-0.39, 0.29) is 23.8 Å². The lowest BCUT2D eigenvalue weighted by atomic mass is 9.78. The number of fused-ring (bicyclic) bond motifs is 5. The van der Waals surface area contributed by atoms with Gasteiger partial charge in [0.15, 0.2) is 0 Å². The lowest BCUT2D eigenvalue weighted by Gasteiger charge is -2.44. The van der Waals surface area contributed by atoms with Crippen molar-refractivity contribution in [2.24, 2.45) is 5.92 Å². The highest BCUT2D eigenvalue weighted by Crippen LogP contribution is 2.39. The van der Waals surface area contributed by atoms with Gasteiger partial charge in [-0.05, 0) is 74.2 Å². The van der Waals surface area contributed by atoms with Crippen LogP contribution in [-0.4, -0.2) is 59.7 Å². The summed E-state index contributed by atoms with van der Waals surface area (Å²) < 4.78 is 8.11. The topological polar surface area (TPSA) is 66.8 Å². The minimum Gasteiger partial charge on any atom is -0.373 e. The van der Waals surface area contributed by atoms with Gasteiger partial charge in [0, 0.05) is 42.6 Å². The minimum atomic E-state index is -0.674. The van der Waals surface area contributed by atoms with E-state index in [0.29, 0.717) is 30.3 Å². The number of anilines is 1. The minimum absolute atomic E-state index is 0.00819. The second kappa shape index (κ2) is 10.7. The van der Waals surface area contributed by atoms with Crippen LogP contribution >= 0.6 is 0 Å². The molecular weight excluding hydrogens is 524 g/mol. The Labute approximate surface area is 247 Å². The first kappa shape index (κ1) is 26.9. The number of carbonyl (C=O) groups is 2. The quantitative estimate of drug-likeness (QED) is 0.481. The zero-order valence-corrected chi connectivity index (χ0v) is 24.3. The van der Waals surface area contributed by atoms with Crippen molar-refractivity contribution >= 4 is 17.5 Å². The Hall–Kier alpha value is -3.94. The number of nitrogens with zero attached hydrogens (tertiary/aromatic N) is 3. The SMILES string of the molecule is COC1(C)C=C(C(=O)N2Cc3ccc(C(=O)N[C@H]4CN5CCC4CC5)n3Cc3ccccc32)C=CC1c1ccccc1. The molecule has 5 heterocycles. The number of aromatic nitrogens is 1. The second-order valence-corrected chi connectivity index (χ2v) is 12.3. The molecule has 3 atom stereocenters. The molecule has 2 unspecified atom stereocenters. The zero-order chi connectivity index (χ0) is 28.8. The molecule has 0 spiro atoms. The van der Waals surface area contributed by atoms with E-state index in [1.807, 2.05) is 72.5 Å². The van der Waals surface area contributed by atoms with Gasteiger partial charge in [-0.15, -0.1) is 0 Å². The summed E-state index contributed by atoms with van der Waals surface area (Å²) in [5.74, 6) is 0.438. The fourth-order valence-electron chi connectivity index (χ4n) is 7.33. The lowest BCUT2D eigenvalue weighted by molar-refractivity contribution is -0.115. The highest BCUT2D eigenvalue weighted by Gasteiger charge is 2.38. The number of piperidine rings is 3. The molecule has 0 saturated carbocycles. The molecular formula is C35H38N4O3. The fourth-order valence-corrected chi connectivity index (χ4v) is 7.33. The van der Waals surface area contributed by atoms with Crippen LogP contribution in [0.4, 0.5) is 5.69 Å². The second-order valence-electron chi connectivity index (χ2n) is 12.3. The van der Waals surface area contributed by atoms with Gasteiger partial charge in [0.25, 0.3) is 11.8 Å². The van der Waals surface area contributed by atoms with Gasteiger partial charge >= 0.3 is 0 Å². The molecule has 2 amide bonds. The number of hydrogen-bond donors (Lipinski definition) is 1. The number of nitrogens with one attached hydrogen (secondary N) is 1. The molecule has 3 fully saturated rings. The summed E-state index contributed by atoms with van der Waals surface area (Å²) in [4.78, 5) is 32.2. The summed E-state index contributed by atoms with van der Waals surface area (Å²) in [5, 5.41) is 3.35. The third kappa shape index (κ3) is 4.71. The molecule has 4 aliphatic heterocycles. The van der Waals surface area contributed by atoms with Crippen molar-refractivity contribution in [1.82, 2.24) is 14.8 Å². The Bertz CT molecular complexity index is 1570. The maximum absolute atomic E-state index is 14.3. The maximum atomic E-state index is 14.3. The number of para-hydroxylation sites is 1. The summed E-state index contributed by atoms with van der Waals surface area (Å²) in [6.45, 7) is 6.15. The van der Waals surface area contributed by atoms with Crippen LogP contribution in [0.1, 0.15) is 53.0 Å². The van der Waals surface area contributed by atoms with Crippen molar-refractivity contribution in [2.75, 3.05) is 31.6 Å². The van der Waals surface area contributed by atoms with Gasteiger partial charge in [-0.3, -0.25) is 9.59 Å². The summed E-state index contributed by atoms with van der Waals surface area (Å²) in [6, 6.07) is 22.4. The van der Waals surface area contributed by atoms with Crippen molar-refractivity contribution in [3.05, 3.63) is 113 Å². The first-order valence-corrected chi connectivity index (χ1v) is 15.1. The average Bonchev–Trinajstić information content (AvgIpc) is 3.35. The van der Waals surface area contributed by atoms with Crippen molar-refractivity contribution in [3.63, 3.8) is 0 Å². The monoisotopic (exact) mass is 562 g/mol. The number of benzene rings is 2. The Morgan fingerprint density at radius 3 is 2.45 bits per heavy atom. The molecule has 3 saturated heterocycles. The Balaban J connectivity index is 1.18. The first-order chi connectivity index (χ1) is 20.4. The molecule has 5 aliphatic rings. The van der Waals surface area contributed by atoms with Gasteiger partial charge in [-0.2, -0.15) is 0 Å². The molecule has 8 rings (SSSR count). The molecule has 0 radical (unpaired) electrons. The van der Waals surface area contributed by atoms with Crippen LogP contribution in [0, 0.1) is 5.92 Å². The van der Waals surface area contributed by atoms with Crippen LogP contribution in [0.2, 0.25) is 0 Å². The predicted molar refractivity (Wildman–Crippen MR) is 163 cm³/mol. The van der Waals surface area contributed by atoms with E-state index in [9.17, 15) is 9.59 Å². The summed E-state index contributed by atoms with van der Waals surface area (Å²) in [6.07, 6.45) is 8.28. The van der Waals surface area contributed by atoms with Crippen molar-refractivity contribution < 1.29 is 14.3 Å². The Morgan fingerprint density at radius 2 is 1.71 bits per heavy atom. The van der Waals surface area contributed by atoms with Gasteiger partial charge in [0.1, 0.15) is 5.69 Å². The molecule has 3 aromatic rings. The number of hydrogen-bond acceptors (Lipinski definition) is 4. The molecule has 2 aromatic carbocycles. The van der Waals surface area contributed by atoms with Crippen LogP contribution in [0.5, 0.6) is 0 Å². The number of carbonyl (C=O) groups excluding carboxylic acids is 2. The standard InChI is InChI=1S/C35H38N4O3/c1-35(42-2)20-26(12-14-29(35)24-8-4-3-5-9-24)34(41)39-22-28-13-15-32(38(28)21-27-10-6-7-11-31(27)39)33(40)36-30-23-37-18-16-25(30)17-19-37/h3-15,20,25,29-30H,16-19,21-23H2,1-2H3,(H,36,40)/t29?,30-,35?/m0/s1. The van der Waals surface area contributed by atoms with Crippen LogP contribution in [0.3, 0.4) is 0 Å². The fraction of sp³-hybridized carbons (Fsp3) is 0.371. The van der Waals surface area contributed by atoms with E-state index in [1.165, 1.54) is 0 Å². The largest absolute Gasteiger partial charge is 0.373 e. The van der Waals surface area contributed by atoms with Crippen molar-refractivity contribution in [3.8, 4) is 0 Å². The Kier molecular flexibility index (Phi) is 6.87. The van der Waals surface area contributed by atoms with Crippen LogP contribution < -0.4 is 10.2 Å². The van der Waals surface area contributed by atoms with Crippen LogP contribution in [-0.2, 0) is 22.6 Å². The molecule has 1 aromatic heterocycles. The van der Waals surface area contributed by atoms with E-state index in [0.717, 1.165) is 55.0 Å². The normalized spacial score (nSPS) is 28.0. The third-order valence-electron chi connectivity index (χ3n) is 9.83. The molecule has 7 nitrogen and oxygen atoms in total. The van der Waals surface area contributed by atoms with E-state index >= 15 is 0 Å². The third-order valence-corrected chi connectivity index (χ3v) is 9.83. The van der Waals surface area contributed by atoms with Crippen LogP contribution in [0.15, 0.2) is 90.5 Å². The molecule has 7 heteroatoms. The van der Waals surface area contributed by atoms with E-state index in [2.05, 4.69) is 39.1 Å². The van der Waals surface area contributed by atoms with Gasteiger partial charge in [0.05, 0.1) is 18.7 Å². The number of ether oxygens (including phenoxy) is 1. The molecule has 2 bridgehead atoms. The van der Waals surface area contributed by atoms with E-state index < -0.39 is 5.60 Å². The average molecular weight is 563 g/mol. The number of amides is 2. The lowest BCUT2D eigenvalue weighted by Crippen LogP contribution is -2.57. The number of rotatable bonds is 5. The first-order valence-electron chi connectivity index (χ1n) is 15.1. The summed E-state index contributed by atoms with van der Waals surface area (Å²) in [7, 11) is 1.70. The van der Waals surface area contributed by atoms with Crippen LogP contribution in [0.25, 0.3) is 0 Å². The summed E-state index contributed by atoms with van der Waals surface area (Å²) >= 11 is 0. The highest BCUT2D eigenvalue weighted by molar-refractivity contribution is 6.08. The van der Waals surface area contributed by atoms with Gasteiger partial charge < -0.3 is 24.4 Å².